The number of ether oxygens (including phenoxy) is 1. The third-order valence-electron chi connectivity index (χ3n) is 7.32. The van der Waals surface area contributed by atoms with Crippen molar-refractivity contribution in [2.75, 3.05) is 0 Å². The molecule has 1 aliphatic carbocycles. The van der Waals surface area contributed by atoms with Gasteiger partial charge in [0.05, 0.1) is 34.9 Å². The van der Waals surface area contributed by atoms with E-state index in [4.69, 9.17) is 9.72 Å². The van der Waals surface area contributed by atoms with Gasteiger partial charge in [-0.15, -0.1) is 0 Å². The number of cyclic esters (lactones) is 1. The highest BCUT2D eigenvalue weighted by molar-refractivity contribution is 5.93. The Labute approximate surface area is 177 Å². The van der Waals surface area contributed by atoms with Gasteiger partial charge in [0.15, 0.2) is 0 Å². The van der Waals surface area contributed by atoms with Crippen molar-refractivity contribution >= 4 is 16.9 Å². The van der Waals surface area contributed by atoms with Crippen LogP contribution in [0.2, 0.25) is 0 Å². The summed E-state index contributed by atoms with van der Waals surface area (Å²) in [5.74, 6) is -0.991. The van der Waals surface area contributed by atoms with Crippen LogP contribution in [-0.4, -0.2) is 15.5 Å². The summed E-state index contributed by atoms with van der Waals surface area (Å²) in [5, 5.41) is 1.000. The summed E-state index contributed by atoms with van der Waals surface area (Å²) in [5.41, 5.74) is 11.3. The van der Waals surface area contributed by atoms with Gasteiger partial charge in [0.2, 0.25) is 0 Å². The number of carbonyl (C=O) groups excluding carboxylic acids is 1. The fourth-order valence-electron chi connectivity index (χ4n) is 5.67. The molecule has 0 saturated heterocycles. The normalized spacial score (nSPS) is 21.0. The fourth-order valence-corrected chi connectivity index (χ4v) is 5.67. The number of benzene rings is 1. The number of pyridine rings is 2. The smallest absolute Gasteiger partial charge is 0.313 e. The summed E-state index contributed by atoms with van der Waals surface area (Å²) in [7, 11) is 0. The predicted molar refractivity (Wildman–Crippen MR) is 112 cm³/mol. The molecule has 3 N–H and O–H groups in total. The lowest BCUT2D eigenvalue weighted by Crippen LogP contribution is -2.54. The van der Waals surface area contributed by atoms with Crippen LogP contribution in [0.25, 0.3) is 22.3 Å². The Balaban J connectivity index is 1.69. The van der Waals surface area contributed by atoms with Gasteiger partial charge in [0.25, 0.3) is 5.56 Å². The molecule has 0 unspecified atom stereocenters. The molecule has 1 aromatic carbocycles. The van der Waals surface area contributed by atoms with Gasteiger partial charge in [-0.05, 0) is 42.5 Å². The monoisotopic (exact) mass is 420 g/mol. The van der Waals surface area contributed by atoms with E-state index in [0.29, 0.717) is 41.0 Å². The molecule has 0 amide bonds. The van der Waals surface area contributed by atoms with E-state index in [1.807, 2.05) is 19.9 Å². The molecule has 2 aromatic heterocycles. The maximum atomic E-state index is 14.7. The Kier molecular flexibility index (Phi) is 3.76. The van der Waals surface area contributed by atoms with Crippen LogP contribution in [0.4, 0.5) is 4.39 Å². The third kappa shape index (κ3) is 2.32. The zero-order valence-corrected chi connectivity index (χ0v) is 17.5. The van der Waals surface area contributed by atoms with Crippen molar-refractivity contribution in [3.63, 3.8) is 0 Å². The molecule has 0 spiro atoms. The van der Waals surface area contributed by atoms with Crippen LogP contribution in [0, 0.1) is 12.7 Å². The van der Waals surface area contributed by atoms with E-state index in [-0.39, 0.29) is 30.0 Å². The molecule has 0 saturated carbocycles. The number of esters is 1. The van der Waals surface area contributed by atoms with E-state index in [2.05, 4.69) is 5.73 Å². The number of fused-ring (bicyclic) bond motifs is 5. The van der Waals surface area contributed by atoms with Gasteiger partial charge in [-0.25, -0.2) is 9.37 Å². The number of halogens is 1. The highest BCUT2D eigenvalue weighted by Crippen LogP contribution is 2.44. The number of hydrogen-bond donors (Lipinski definition) is 1. The lowest BCUT2D eigenvalue weighted by Gasteiger charge is -2.24. The lowest BCUT2D eigenvalue weighted by atomic mass is 9.82. The van der Waals surface area contributed by atoms with Crippen molar-refractivity contribution < 1.29 is 19.7 Å². The van der Waals surface area contributed by atoms with Crippen LogP contribution in [0.15, 0.2) is 16.9 Å². The van der Waals surface area contributed by atoms with Gasteiger partial charge >= 0.3 is 5.97 Å². The summed E-state index contributed by atoms with van der Waals surface area (Å²) >= 11 is 0. The molecule has 3 aromatic rings. The molecule has 2 atom stereocenters. The summed E-state index contributed by atoms with van der Waals surface area (Å²) in [6.07, 6.45) is 2.18. The molecule has 0 bridgehead atoms. The molecule has 0 radical (unpaired) electrons. The Bertz CT molecular complexity index is 1390. The van der Waals surface area contributed by atoms with Crippen molar-refractivity contribution in [2.24, 2.45) is 0 Å². The van der Waals surface area contributed by atoms with Gasteiger partial charge in [0, 0.05) is 29.0 Å². The number of nitrogens with zero attached hydrogens (tertiary/aromatic N) is 2. The van der Waals surface area contributed by atoms with Gasteiger partial charge in [-0.1, -0.05) is 6.92 Å². The Morgan fingerprint density at radius 1 is 1.26 bits per heavy atom. The Morgan fingerprint density at radius 3 is 2.84 bits per heavy atom. The number of carbonyl (C=O) groups is 1. The summed E-state index contributed by atoms with van der Waals surface area (Å²) in [6, 6.07) is 3.49. The number of aromatic nitrogens is 2. The van der Waals surface area contributed by atoms with Crippen molar-refractivity contribution in [3.05, 3.63) is 61.7 Å². The number of hydrogen-bond acceptors (Lipinski definition) is 4. The first-order chi connectivity index (χ1) is 14.9. The summed E-state index contributed by atoms with van der Waals surface area (Å²) < 4.78 is 21.7. The second-order valence-corrected chi connectivity index (χ2v) is 8.87. The molecule has 0 fully saturated rings. The molecule has 3 aliphatic rings. The van der Waals surface area contributed by atoms with E-state index in [0.717, 1.165) is 40.5 Å². The average molecular weight is 420 g/mol. The van der Waals surface area contributed by atoms with E-state index < -0.39 is 5.92 Å². The quantitative estimate of drug-likeness (QED) is 0.480. The van der Waals surface area contributed by atoms with Gasteiger partial charge < -0.3 is 15.0 Å². The van der Waals surface area contributed by atoms with Crippen LogP contribution in [0.1, 0.15) is 65.1 Å². The van der Waals surface area contributed by atoms with E-state index in [1.54, 1.807) is 4.57 Å². The molecule has 158 valence electrons. The number of rotatable bonds is 1. The summed E-state index contributed by atoms with van der Waals surface area (Å²) in [4.78, 5) is 30.5. The van der Waals surface area contributed by atoms with Crippen LogP contribution in [0.3, 0.4) is 0 Å². The molecule has 31 heavy (non-hydrogen) atoms. The summed E-state index contributed by atoms with van der Waals surface area (Å²) in [6.45, 7) is 4.16. The van der Waals surface area contributed by atoms with Crippen LogP contribution < -0.4 is 11.3 Å². The number of quaternary nitrogens is 1. The van der Waals surface area contributed by atoms with Crippen molar-refractivity contribution in [1.82, 2.24) is 9.55 Å². The van der Waals surface area contributed by atoms with Crippen LogP contribution in [-0.2, 0) is 29.1 Å². The van der Waals surface area contributed by atoms with Gasteiger partial charge in [-0.2, -0.15) is 0 Å². The van der Waals surface area contributed by atoms with E-state index in [9.17, 15) is 14.0 Å². The van der Waals surface area contributed by atoms with Crippen molar-refractivity contribution in [1.29, 1.82) is 0 Å². The van der Waals surface area contributed by atoms with E-state index in [1.165, 1.54) is 6.07 Å². The minimum absolute atomic E-state index is 0.00883. The zero-order valence-electron chi connectivity index (χ0n) is 17.5. The molecule has 4 heterocycles. The van der Waals surface area contributed by atoms with Crippen LogP contribution in [0.5, 0.6) is 0 Å². The SMILES string of the molecule is CC[C@H]1C(=O)OCc2c1cc1n(c2=O)Cc2c-1nc1cc(F)c(C)c3c1c2[C@@H]([NH3+])CC3. The molecule has 6 rings (SSSR count). The first-order valence-electron chi connectivity index (χ1n) is 10.8. The van der Waals surface area contributed by atoms with Crippen molar-refractivity contribution in [3.8, 4) is 11.4 Å². The maximum absolute atomic E-state index is 14.7. The van der Waals surface area contributed by atoms with Gasteiger partial charge in [0.1, 0.15) is 18.5 Å². The molecular weight excluding hydrogens is 397 g/mol. The zero-order chi connectivity index (χ0) is 21.6. The largest absolute Gasteiger partial charge is 0.460 e. The first-order valence-corrected chi connectivity index (χ1v) is 10.8. The molecule has 7 heteroatoms. The minimum Gasteiger partial charge on any atom is -0.460 e. The first kappa shape index (κ1) is 18.7. The second kappa shape index (κ2) is 6.23. The topological polar surface area (TPSA) is 88.8 Å². The molecule has 6 nitrogen and oxygen atoms in total. The van der Waals surface area contributed by atoms with Gasteiger partial charge in [-0.3, -0.25) is 9.59 Å². The predicted octanol–water partition coefficient (Wildman–Crippen LogP) is 2.65. The van der Waals surface area contributed by atoms with E-state index >= 15 is 0 Å². The fraction of sp³-hybridized carbons (Fsp3) is 0.375. The average Bonchev–Trinajstić information content (AvgIpc) is 3.11. The highest BCUT2D eigenvalue weighted by atomic mass is 19.1. The van der Waals surface area contributed by atoms with Crippen molar-refractivity contribution in [2.45, 2.75) is 58.2 Å². The second-order valence-electron chi connectivity index (χ2n) is 8.87. The van der Waals surface area contributed by atoms with Crippen LogP contribution >= 0.6 is 0 Å². The Morgan fingerprint density at radius 2 is 2.06 bits per heavy atom. The Hall–Kier alpha value is -3.06. The standard InChI is InChI=1S/C24H22FN3O3/c1-3-11-13-6-19-22-14(8-28(19)23(29)15(13)9-31-24(11)30)20-17(26)5-4-12-10(2)16(25)7-18(27-22)21(12)20/h6-7,11,17H,3-5,8-9,26H2,1-2H3/p+1/t11-,17+/m1/s1. The third-order valence-corrected chi connectivity index (χ3v) is 7.32. The minimum atomic E-state index is -0.447. The molecular formula is C24H23FN3O3+. The lowest BCUT2D eigenvalue weighted by molar-refractivity contribution is -0.428. The number of aryl methyl sites for hydroxylation is 1. The molecule has 2 aliphatic heterocycles. The highest BCUT2D eigenvalue weighted by Gasteiger charge is 2.37. The maximum Gasteiger partial charge on any atom is 0.313 e.